The Labute approximate surface area is 203 Å². The summed E-state index contributed by atoms with van der Waals surface area (Å²) in [4.78, 5) is 18.0. The van der Waals surface area contributed by atoms with E-state index in [0.717, 1.165) is 70.4 Å². The molecule has 5 rings (SSSR count). The predicted molar refractivity (Wildman–Crippen MR) is 137 cm³/mol. The molecule has 0 unspecified atom stereocenters. The second-order valence-electron chi connectivity index (χ2n) is 8.53. The number of carbonyl (C=O) groups is 1. The normalized spacial score (nSPS) is 13.2. The van der Waals surface area contributed by atoms with Crippen molar-refractivity contribution in [3.8, 4) is 16.5 Å². The van der Waals surface area contributed by atoms with Gasteiger partial charge in [0.15, 0.2) is 0 Å². The van der Waals surface area contributed by atoms with E-state index < -0.39 is 5.97 Å². The van der Waals surface area contributed by atoms with E-state index in [-0.39, 0.29) is 0 Å². The van der Waals surface area contributed by atoms with Crippen molar-refractivity contribution in [2.24, 2.45) is 4.99 Å². The number of rotatable bonds is 6. The highest BCUT2D eigenvalue weighted by atomic mass is 32.1. The van der Waals surface area contributed by atoms with Gasteiger partial charge in [-0.05, 0) is 87.6 Å². The van der Waals surface area contributed by atoms with Gasteiger partial charge in [-0.3, -0.25) is 4.99 Å². The van der Waals surface area contributed by atoms with Crippen molar-refractivity contribution >= 4 is 29.2 Å². The largest absolute Gasteiger partial charge is 0.478 e. The number of para-hydroxylation sites is 1. The first-order valence-electron chi connectivity index (χ1n) is 11.5. The second kappa shape index (κ2) is 9.31. The van der Waals surface area contributed by atoms with Gasteiger partial charge in [0, 0.05) is 28.0 Å². The van der Waals surface area contributed by atoms with Gasteiger partial charge in [-0.2, -0.15) is 0 Å². The van der Waals surface area contributed by atoms with Crippen molar-refractivity contribution in [3.05, 3.63) is 93.6 Å². The van der Waals surface area contributed by atoms with E-state index in [1.165, 1.54) is 4.88 Å². The van der Waals surface area contributed by atoms with Crippen LogP contribution in [0.3, 0.4) is 0 Å². The molecule has 1 aliphatic carbocycles. The third-order valence-corrected chi connectivity index (χ3v) is 7.49. The first-order valence-corrected chi connectivity index (χ1v) is 12.3. The molecule has 0 fully saturated rings. The lowest BCUT2D eigenvalue weighted by Crippen LogP contribution is -2.09. The van der Waals surface area contributed by atoms with Crippen LogP contribution in [0.5, 0.6) is 11.5 Å². The van der Waals surface area contributed by atoms with Gasteiger partial charge in [0.25, 0.3) is 0 Å². The lowest BCUT2D eigenvalue weighted by Gasteiger charge is -2.11. The highest BCUT2D eigenvalue weighted by Gasteiger charge is 2.27. The van der Waals surface area contributed by atoms with Crippen LogP contribution in [0.15, 0.2) is 65.7 Å². The molecule has 2 heterocycles. The van der Waals surface area contributed by atoms with E-state index in [1.54, 1.807) is 11.3 Å². The van der Waals surface area contributed by atoms with Crippen molar-refractivity contribution in [1.29, 1.82) is 0 Å². The highest BCUT2D eigenvalue weighted by molar-refractivity contribution is 7.15. The maximum atomic E-state index is 12.2. The number of nitrogens with zero attached hydrogens (tertiary/aromatic N) is 2. The standard InChI is InChI=1S/C28H26N2O3S/c1-18-16-20(17-29-21-12-14-23(15-13-21)33-22-8-4-3-5-9-22)19(2)30(18)27-26(28(31)32)24-10-6-7-11-25(24)34-27/h3-5,8-9,12-17H,6-7,10-11H2,1-2H3,(H,31,32). The maximum Gasteiger partial charge on any atom is 0.339 e. The molecular weight excluding hydrogens is 444 g/mol. The zero-order valence-corrected chi connectivity index (χ0v) is 20.1. The number of carboxylic acid groups (broad SMARTS) is 1. The number of hydrogen-bond acceptors (Lipinski definition) is 4. The second-order valence-corrected chi connectivity index (χ2v) is 9.61. The Morgan fingerprint density at radius 1 is 1.03 bits per heavy atom. The van der Waals surface area contributed by atoms with Crippen molar-refractivity contribution < 1.29 is 14.6 Å². The summed E-state index contributed by atoms with van der Waals surface area (Å²) in [5.41, 5.74) is 5.30. The van der Waals surface area contributed by atoms with Crippen molar-refractivity contribution in [3.63, 3.8) is 0 Å². The molecule has 172 valence electrons. The zero-order valence-electron chi connectivity index (χ0n) is 19.2. The summed E-state index contributed by atoms with van der Waals surface area (Å²) in [7, 11) is 0. The number of aromatic nitrogens is 1. The van der Waals surface area contributed by atoms with Crippen LogP contribution in [0, 0.1) is 13.8 Å². The molecule has 1 N–H and O–H groups in total. The predicted octanol–water partition coefficient (Wildman–Crippen LogP) is 7.28. The number of aryl methyl sites for hydroxylation is 2. The Hall–Kier alpha value is -3.64. The Bertz CT molecular complexity index is 1370. The van der Waals surface area contributed by atoms with Crippen molar-refractivity contribution in [2.75, 3.05) is 0 Å². The molecule has 0 spiro atoms. The molecule has 0 saturated heterocycles. The molecule has 1 aliphatic rings. The number of benzene rings is 2. The third-order valence-electron chi connectivity index (χ3n) is 6.21. The van der Waals surface area contributed by atoms with Gasteiger partial charge in [-0.15, -0.1) is 11.3 Å². The summed E-state index contributed by atoms with van der Waals surface area (Å²) in [5, 5.41) is 10.8. The summed E-state index contributed by atoms with van der Waals surface area (Å²) in [5.74, 6) is 0.711. The van der Waals surface area contributed by atoms with E-state index >= 15 is 0 Å². The Kier molecular flexibility index (Phi) is 6.07. The van der Waals surface area contributed by atoms with E-state index in [0.29, 0.717) is 5.56 Å². The molecule has 4 aromatic rings. The van der Waals surface area contributed by atoms with Gasteiger partial charge < -0.3 is 14.4 Å². The van der Waals surface area contributed by atoms with Gasteiger partial charge in [0.2, 0.25) is 0 Å². The fourth-order valence-corrected chi connectivity index (χ4v) is 6.02. The number of aromatic carboxylic acids is 1. The Balaban J connectivity index is 1.41. The minimum Gasteiger partial charge on any atom is -0.478 e. The Morgan fingerprint density at radius 2 is 1.74 bits per heavy atom. The molecule has 2 aromatic carbocycles. The summed E-state index contributed by atoms with van der Waals surface area (Å²) in [6.45, 7) is 4.04. The van der Waals surface area contributed by atoms with Crippen LogP contribution in [-0.4, -0.2) is 21.9 Å². The number of hydrogen-bond donors (Lipinski definition) is 1. The van der Waals surface area contributed by atoms with Crippen LogP contribution in [0.4, 0.5) is 5.69 Å². The van der Waals surface area contributed by atoms with E-state index in [1.807, 2.05) is 74.7 Å². The van der Waals surface area contributed by atoms with Gasteiger partial charge in [0.1, 0.15) is 16.5 Å². The Morgan fingerprint density at radius 3 is 2.47 bits per heavy atom. The van der Waals surface area contributed by atoms with Gasteiger partial charge in [0.05, 0.1) is 11.3 Å². The van der Waals surface area contributed by atoms with Crippen molar-refractivity contribution in [1.82, 2.24) is 4.57 Å². The highest BCUT2D eigenvalue weighted by Crippen LogP contribution is 2.38. The molecule has 5 nitrogen and oxygen atoms in total. The monoisotopic (exact) mass is 470 g/mol. The maximum absolute atomic E-state index is 12.2. The minimum absolute atomic E-state index is 0.471. The van der Waals surface area contributed by atoms with Crippen LogP contribution < -0.4 is 4.74 Å². The van der Waals surface area contributed by atoms with Crippen LogP contribution in [0.1, 0.15) is 50.6 Å². The quantitative estimate of drug-likeness (QED) is 0.301. The first kappa shape index (κ1) is 22.2. The number of ether oxygens (including phenoxy) is 1. The first-order chi connectivity index (χ1) is 16.5. The summed E-state index contributed by atoms with van der Waals surface area (Å²) in [6, 6.07) is 19.4. The third kappa shape index (κ3) is 4.29. The van der Waals surface area contributed by atoms with Crippen LogP contribution >= 0.6 is 11.3 Å². The number of aliphatic imine (C=N–C) groups is 1. The topological polar surface area (TPSA) is 63.8 Å². The van der Waals surface area contributed by atoms with E-state index in [9.17, 15) is 9.90 Å². The molecule has 6 heteroatoms. The zero-order chi connectivity index (χ0) is 23.7. The molecule has 0 amide bonds. The molecule has 0 aliphatic heterocycles. The van der Waals surface area contributed by atoms with Gasteiger partial charge >= 0.3 is 5.97 Å². The smallest absolute Gasteiger partial charge is 0.339 e. The van der Waals surface area contributed by atoms with Crippen LogP contribution in [-0.2, 0) is 12.8 Å². The fraction of sp³-hybridized carbons (Fsp3) is 0.214. The molecule has 0 radical (unpaired) electrons. The lowest BCUT2D eigenvalue weighted by molar-refractivity contribution is 0.0696. The lowest BCUT2D eigenvalue weighted by atomic mass is 9.95. The molecule has 2 aromatic heterocycles. The van der Waals surface area contributed by atoms with Crippen LogP contribution in [0.2, 0.25) is 0 Å². The molecule has 34 heavy (non-hydrogen) atoms. The van der Waals surface area contributed by atoms with Crippen molar-refractivity contribution in [2.45, 2.75) is 39.5 Å². The number of fused-ring (bicyclic) bond motifs is 1. The van der Waals surface area contributed by atoms with E-state index in [2.05, 4.69) is 15.6 Å². The fourth-order valence-electron chi connectivity index (χ4n) is 4.53. The number of thiophene rings is 1. The molecule has 0 atom stereocenters. The minimum atomic E-state index is -0.838. The SMILES string of the molecule is Cc1cc(C=Nc2ccc(Oc3ccccc3)cc2)c(C)n1-c1sc2c(c1C(=O)O)CCCC2. The van der Waals surface area contributed by atoms with Crippen LogP contribution in [0.25, 0.3) is 5.00 Å². The summed E-state index contributed by atoms with van der Waals surface area (Å²) in [6.07, 6.45) is 5.85. The van der Waals surface area contributed by atoms with Gasteiger partial charge in [-0.25, -0.2) is 4.79 Å². The van der Waals surface area contributed by atoms with E-state index in [4.69, 9.17) is 4.74 Å². The molecule has 0 saturated carbocycles. The molecular formula is C28H26N2O3S. The average molecular weight is 471 g/mol. The van der Waals surface area contributed by atoms with Gasteiger partial charge in [-0.1, -0.05) is 18.2 Å². The molecule has 0 bridgehead atoms. The summed E-state index contributed by atoms with van der Waals surface area (Å²) < 4.78 is 7.92. The number of carboxylic acids is 1. The average Bonchev–Trinajstić information content (AvgIpc) is 3.35. The summed E-state index contributed by atoms with van der Waals surface area (Å²) >= 11 is 1.63.